The maximum Gasteiger partial charge on any atom is 0.316 e. The van der Waals surface area contributed by atoms with Crippen molar-refractivity contribution >= 4 is 17.7 Å². The van der Waals surface area contributed by atoms with Crippen LogP contribution in [0.25, 0.3) is 0 Å². The molecule has 4 heteroatoms. The van der Waals surface area contributed by atoms with Crippen LogP contribution in [0.1, 0.15) is 33.3 Å². The number of nitrogens with one attached hydrogen (secondary N) is 1. The van der Waals surface area contributed by atoms with Gasteiger partial charge in [0.1, 0.15) is 5.60 Å². The van der Waals surface area contributed by atoms with Crippen LogP contribution in [0.3, 0.4) is 0 Å². The van der Waals surface area contributed by atoms with E-state index in [1.165, 1.54) is 17.3 Å². The average molecular weight is 281 g/mol. The van der Waals surface area contributed by atoms with E-state index in [-0.39, 0.29) is 5.97 Å². The third kappa shape index (κ3) is 7.23. The molecule has 0 fully saturated rings. The molecule has 1 aromatic carbocycles. The van der Waals surface area contributed by atoms with E-state index in [0.717, 1.165) is 18.0 Å². The third-order valence-electron chi connectivity index (χ3n) is 2.28. The second-order valence-corrected chi connectivity index (χ2v) is 6.35. The Morgan fingerprint density at radius 1 is 1.26 bits per heavy atom. The summed E-state index contributed by atoms with van der Waals surface area (Å²) in [6, 6.07) is 8.25. The first-order chi connectivity index (χ1) is 8.90. The maximum absolute atomic E-state index is 11.6. The molecule has 0 saturated carbocycles. The predicted octanol–water partition coefficient (Wildman–Crippen LogP) is 3.23. The Morgan fingerprint density at radius 3 is 2.42 bits per heavy atom. The minimum atomic E-state index is -0.409. The lowest BCUT2D eigenvalue weighted by Crippen LogP contribution is -2.24. The van der Waals surface area contributed by atoms with Gasteiger partial charge in [0.25, 0.3) is 0 Å². The van der Waals surface area contributed by atoms with E-state index in [1.54, 1.807) is 0 Å². The van der Waals surface area contributed by atoms with Crippen LogP contribution in [0, 0.1) is 0 Å². The van der Waals surface area contributed by atoms with Crippen LogP contribution in [0.15, 0.2) is 29.2 Å². The number of thioether (sulfide) groups is 1. The first-order valence-corrected chi connectivity index (χ1v) is 7.53. The molecule has 1 aromatic rings. The van der Waals surface area contributed by atoms with Gasteiger partial charge in [-0.1, -0.05) is 19.1 Å². The topological polar surface area (TPSA) is 38.3 Å². The van der Waals surface area contributed by atoms with Crippen LogP contribution >= 0.6 is 11.8 Å². The number of ether oxygens (including phenoxy) is 1. The summed E-state index contributed by atoms with van der Waals surface area (Å²) in [4.78, 5) is 12.7. The van der Waals surface area contributed by atoms with Gasteiger partial charge < -0.3 is 10.1 Å². The minimum Gasteiger partial charge on any atom is -0.459 e. The summed E-state index contributed by atoms with van der Waals surface area (Å²) in [7, 11) is 0. The molecule has 0 spiro atoms. The maximum atomic E-state index is 11.6. The van der Waals surface area contributed by atoms with Gasteiger partial charge in [0.05, 0.1) is 5.75 Å². The minimum absolute atomic E-state index is 0.172. The zero-order valence-corrected chi connectivity index (χ0v) is 13.0. The zero-order valence-electron chi connectivity index (χ0n) is 12.2. The summed E-state index contributed by atoms with van der Waals surface area (Å²) in [5.41, 5.74) is 0.844. The third-order valence-corrected chi connectivity index (χ3v) is 3.26. The van der Waals surface area contributed by atoms with Crippen molar-refractivity contribution in [2.45, 2.75) is 44.7 Å². The van der Waals surface area contributed by atoms with Gasteiger partial charge in [-0.3, -0.25) is 4.79 Å². The highest BCUT2D eigenvalue weighted by molar-refractivity contribution is 8.00. The van der Waals surface area contributed by atoms with Gasteiger partial charge >= 0.3 is 5.97 Å². The van der Waals surface area contributed by atoms with Crippen molar-refractivity contribution in [2.24, 2.45) is 0 Å². The standard InChI is InChI=1S/C15H23NO2S/c1-5-16-10-12-6-8-13(9-7-12)19-11-14(17)18-15(2,3)4/h6-9,16H,5,10-11H2,1-4H3. The quantitative estimate of drug-likeness (QED) is 0.642. The van der Waals surface area contributed by atoms with Crippen molar-refractivity contribution in [3.05, 3.63) is 29.8 Å². The largest absolute Gasteiger partial charge is 0.459 e. The van der Waals surface area contributed by atoms with Crippen molar-refractivity contribution in [3.63, 3.8) is 0 Å². The summed E-state index contributed by atoms with van der Waals surface area (Å²) < 4.78 is 5.27. The van der Waals surface area contributed by atoms with Crippen LogP contribution in [0.4, 0.5) is 0 Å². The smallest absolute Gasteiger partial charge is 0.316 e. The Balaban J connectivity index is 2.39. The Hall–Kier alpha value is -1.00. The molecular weight excluding hydrogens is 258 g/mol. The van der Waals surface area contributed by atoms with Gasteiger partial charge in [0.2, 0.25) is 0 Å². The van der Waals surface area contributed by atoms with Crippen molar-refractivity contribution < 1.29 is 9.53 Å². The number of hydrogen-bond donors (Lipinski definition) is 1. The normalized spacial score (nSPS) is 11.4. The molecule has 3 nitrogen and oxygen atoms in total. The Bertz CT molecular complexity index is 396. The molecule has 1 rings (SSSR count). The number of carbonyl (C=O) groups is 1. The SMILES string of the molecule is CCNCc1ccc(SCC(=O)OC(C)(C)C)cc1. The van der Waals surface area contributed by atoms with Gasteiger partial charge in [-0.15, -0.1) is 11.8 Å². The summed E-state index contributed by atoms with van der Waals surface area (Å²) >= 11 is 1.51. The summed E-state index contributed by atoms with van der Waals surface area (Å²) in [5.74, 6) is 0.179. The van der Waals surface area contributed by atoms with Gasteiger partial charge in [-0.25, -0.2) is 0 Å². The van der Waals surface area contributed by atoms with Crippen molar-refractivity contribution in [3.8, 4) is 0 Å². The van der Waals surface area contributed by atoms with Crippen molar-refractivity contribution in [2.75, 3.05) is 12.3 Å². The number of hydrogen-bond acceptors (Lipinski definition) is 4. The molecule has 19 heavy (non-hydrogen) atoms. The lowest BCUT2D eigenvalue weighted by Gasteiger charge is -2.19. The number of carbonyl (C=O) groups excluding carboxylic acids is 1. The highest BCUT2D eigenvalue weighted by Crippen LogP contribution is 2.19. The average Bonchev–Trinajstić information content (AvgIpc) is 2.33. The molecule has 0 bridgehead atoms. The second-order valence-electron chi connectivity index (χ2n) is 5.30. The molecule has 0 aromatic heterocycles. The number of esters is 1. The fourth-order valence-corrected chi connectivity index (χ4v) is 2.16. The molecule has 106 valence electrons. The first-order valence-electron chi connectivity index (χ1n) is 6.55. The molecule has 0 saturated heterocycles. The van der Waals surface area contributed by atoms with E-state index in [0.29, 0.717) is 5.75 Å². The zero-order chi connectivity index (χ0) is 14.3. The molecule has 0 aliphatic carbocycles. The first kappa shape index (κ1) is 16.1. The molecule has 0 atom stereocenters. The van der Waals surface area contributed by atoms with E-state index in [2.05, 4.69) is 24.4 Å². The van der Waals surface area contributed by atoms with Crippen LogP contribution < -0.4 is 5.32 Å². The molecule has 0 aliphatic heterocycles. The van der Waals surface area contributed by atoms with E-state index in [1.807, 2.05) is 32.9 Å². The molecular formula is C15H23NO2S. The summed E-state index contributed by atoms with van der Waals surface area (Å²) in [6.45, 7) is 9.58. The summed E-state index contributed by atoms with van der Waals surface area (Å²) in [6.07, 6.45) is 0. The van der Waals surface area contributed by atoms with Gasteiger partial charge in [0.15, 0.2) is 0 Å². The number of rotatable bonds is 6. The predicted molar refractivity (Wildman–Crippen MR) is 80.4 cm³/mol. The molecule has 0 radical (unpaired) electrons. The summed E-state index contributed by atoms with van der Waals surface area (Å²) in [5, 5.41) is 3.28. The van der Waals surface area contributed by atoms with Gasteiger partial charge in [-0.2, -0.15) is 0 Å². The van der Waals surface area contributed by atoms with Crippen LogP contribution in [-0.2, 0) is 16.1 Å². The highest BCUT2D eigenvalue weighted by Gasteiger charge is 2.16. The Kier molecular flexibility index (Phi) is 6.38. The van der Waals surface area contributed by atoms with Crippen LogP contribution in [0.5, 0.6) is 0 Å². The van der Waals surface area contributed by atoms with E-state index in [4.69, 9.17) is 4.74 Å². The van der Waals surface area contributed by atoms with Gasteiger partial charge in [-0.05, 0) is 45.0 Å². The monoisotopic (exact) mass is 281 g/mol. The van der Waals surface area contributed by atoms with Crippen LogP contribution in [-0.4, -0.2) is 23.9 Å². The van der Waals surface area contributed by atoms with Crippen molar-refractivity contribution in [1.82, 2.24) is 5.32 Å². The fraction of sp³-hybridized carbons (Fsp3) is 0.533. The molecule has 0 amide bonds. The van der Waals surface area contributed by atoms with Crippen molar-refractivity contribution in [1.29, 1.82) is 0 Å². The molecule has 0 unspecified atom stereocenters. The lowest BCUT2D eigenvalue weighted by molar-refractivity contribution is -0.151. The lowest BCUT2D eigenvalue weighted by atomic mass is 10.2. The van der Waals surface area contributed by atoms with E-state index in [9.17, 15) is 4.79 Å². The Labute approximate surface area is 120 Å². The fourth-order valence-electron chi connectivity index (χ4n) is 1.49. The molecule has 1 N–H and O–H groups in total. The van der Waals surface area contributed by atoms with Crippen LogP contribution in [0.2, 0.25) is 0 Å². The van der Waals surface area contributed by atoms with E-state index >= 15 is 0 Å². The second kappa shape index (κ2) is 7.56. The van der Waals surface area contributed by atoms with E-state index < -0.39 is 5.60 Å². The van der Waals surface area contributed by atoms with Gasteiger partial charge in [0, 0.05) is 11.4 Å². The highest BCUT2D eigenvalue weighted by atomic mass is 32.2. The molecule has 0 aliphatic rings. The molecule has 0 heterocycles. The Morgan fingerprint density at radius 2 is 1.89 bits per heavy atom. The number of benzene rings is 1.